The van der Waals surface area contributed by atoms with E-state index in [4.69, 9.17) is 27.9 Å². The quantitative estimate of drug-likeness (QED) is 0.321. The first-order chi connectivity index (χ1) is 15.1. The third-order valence-corrected chi connectivity index (χ3v) is 5.56. The van der Waals surface area contributed by atoms with Crippen LogP contribution in [0.4, 0.5) is 4.39 Å². The van der Waals surface area contributed by atoms with Crippen LogP contribution < -0.4 is 0 Å². The fourth-order valence-corrected chi connectivity index (χ4v) is 4.06. The van der Waals surface area contributed by atoms with Gasteiger partial charge in [-0.15, -0.1) is 0 Å². The van der Waals surface area contributed by atoms with Crippen LogP contribution >= 0.6 is 23.2 Å². The van der Waals surface area contributed by atoms with Gasteiger partial charge in [0.25, 0.3) is 6.47 Å². The summed E-state index contributed by atoms with van der Waals surface area (Å²) in [5.74, 6) is -1.25. The van der Waals surface area contributed by atoms with Crippen molar-refractivity contribution in [3.05, 3.63) is 112 Å². The summed E-state index contributed by atoms with van der Waals surface area (Å²) >= 11 is 12.2. The van der Waals surface area contributed by atoms with Gasteiger partial charge in [0.05, 0.1) is 28.7 Å². The summed E-state index contributed by atoms with van der Waals surface area (Å²) in [5.41, 5.74) is 3.04. The van der Waals surface area contributed by atoms with Gasteiger partial charge in [0.15, 0.2) is 0 Å². The highest BCUT2D eigenvalue weighted by Crippen LogP contribution is 2.43. The number of H-pyrrole nitrogens is 1. The summed E-state index contributed by atoms with van der Waals surface area (Å²) in [6.07, 6.45) is 0.549. The summed E-state index contributed by atoms with van der Waals surface area (Å²) in [4.78, 5) is 19.1. The number of rotatable bonds is 7. The molecule has 0 saturated heterocycles. The fourth-order valence-electron chi connectivity index (χ4n) is 3.68. The molecule has 4 rings (SSSR count). The first-order valence-electron chi connectivity index (χ1n) is 9.47. The van der Waals surface area contributed by atoms with E-state index >= 15 is 0 Å². The van der Waals surface area contributed by atoms with Gasteiger partial charge in [0.1, 0.15) is 11.9 Å². The van der Waals surface area contributed by atoms with Crippen LogP contribution in [0.15, 0.2) is 79.1 Å². The van der Waals surface area contributed by atoms with Crippen molar-refractivity contribution in [1.82, 2.24) is 9.97 Å². The van der Waals surface area contributed by atoms with Crippen molar-refractivity contribution in [1.29, 1.82) is 0 Å². The minimum Gasteiger partial charge on any atom is -0.458 e. The van der Waals surface area contributed by atoms with E-state index < -0.39 is 17.8 Å². The molecule has 4 aromatic rings. The Morgan fingerprint density at radius 3 is 2.52 bits per heavy atom. The number of imidazole rings is 1. The van der Waals surface area contributed by atoms with Crippen LogP contribution in [0.25, 0.3) is 11.3 Å². The zero-order chi connectivity index (χ0) is 21.8. The number of hydrogen-bond acceptors (Lipinski definition) is 3. The number of carbonyl (C=O) groups excluding carboxylic acids is 1. The topological polar surface area (TPSA) is 55.0 Å². The van der Waals surface area contributed by atoms with Gasteiger partial charge in [-0.2, -0.15) is 0 Å². The fraction of sp³-hybridized carbons (Fsp3) is 0.0833. The van der Waals surface area contributed by atoms with Crippen molar-refractivity contribution in [2.75, 3.05) is 0 Å². The Hall–Kier alpha value is -3.15. The number of nitrogens with one attached hydrogen (secondary N) is 1. The van der Waals surface area contributed by atoms with Gasteiger partial charge in [-0.1, -0.05) is 77.8 Å². The van der Waals surface area contributed by atoms with Gasteiger partial charge in [-0.25, -0.2) is 9.37 Å². The maximum absolute atomic E-state index is 15.0. The smallest absolute Gasteiger partial charge is 0.293 e. The maximum Gasteiger partial charge on any atom is 0.293 e. The summed E-state index contributed by atoms with van der Waals surface area (Å²) in [5, 5.41) is 0.511. The molecule has 0 aliphatic rings. The van der Waals surface area contributed by atoms with Gasteiger partial charge in [-0.3, -0.25) is 4.79 Å². The second kappa shape index (κ2) is 9.33. The van der Waals surface area contributed by atoms with Gasteiger partial charge in [0, 0.05) is 16.1 Å². The molecule has 2 atom stereocenters. The molecule has 0 fully saturated rings. The molecule has 156 valence electrons. The molecule has 3 aromatic carbocycles. The highest BCUT2D eigenvalue weighted by atomic mass is 35.5. The van der Waals surface area contributed by atoms with Crippen LogP contribution in [0.2, 0.25) is 10.0 Å². The van der Waals surface area contributed by atoms with Crippen LogP contribution in [-0.2, 0) is 9.53 Å². The lowest BCUT2D eigenvalue weighted by Crippen LogP contribution is -2.18. The summed E-state index contributed by atoms with van der Waals surface area (Å²) in [7, 11) is 0. The van der Waals surface area contributed by atoms with E-state index in [0.717, 1.165) is 11.1 Å². The third kappa shape index (κ3) is 4.33. The van der Waals surface area contributed by atoms with Gasteiger partial charge in [0.2, 0.25) is 0 Å². The molecule has 0 bridgehead atoms. The van der Waals surface area contributed by atoms with Crippen molar-refractivity contribution >= 4 is 29.7 Å². The van der Waals surface area contributed by atoms with E-state index in [-0.39, 0.29) is 10.6 Å². The number of nitrogens with zero attached hydrogens (tertiary/aromatic N) is 1. The molecule has 0 spiro atoms. The Labute approximate surface area is 188 Å². The largest absolute Gasteiger partial charge is 0.458 e. The molecule has 1 N–H and O–H groups in total. The van der Waals surface area contributed by atoms with E-state index in [1.807, 2.05) is 42.5 Å². The first kappa shape index (κ1) is 21.1. The van der Waals surface area contributed by atoms with Crippen molar-refractivity contribution in [3.63, 3.8) is 0 Å². The molecule has 7 heteroatoms. The Morgan fingerprint density at radius 2 is 1.77 bits per heavy atom. The second-order valence-electron chi connectivity index (χ2n) is 6.86. The van der Waals surface area contributed by atoms with Crippen molar-refractivity contribution in [2.24, 2.45) is 0 Å². The zero-order valence-corrected chi connectivity index (χ0v) is 17.6. The van der Waals surface area contributed by atoms with Crippen LogP contribution in [0, 0.1) is 5.82 Å². The minimum absolute atomic E-state index is 0.0547. The highest BCUT2D eigenvalue weighted by molar-refractivity contribution is 6.31. The summed E-state index contributed by atoms with van der Waals surface area (Å²) in [6, 6.07) is 21.3. The second-order valence-corrected chi connectivity index (χ2v) is 7.70. The Bertz CT molecular complexity index is 1200. The Morgan fingerprint density at radius 1 is 1.00 bits per heavy atom. The molecular weight excluding hydrogens is 438 g/mol. The molecule has 2 unspecified atom stereocenters. The number of halogens is 3. The molecule has 0 amide bonds. The standard InChI is InChI=1S/C24H17Cl2FN2O2/c25-17-9-4-8-16(12-17)22-23(29-13-28-22)20(15-6-2-1-3-7-15)24(31-14-30)18-10-5-11-19(26)21(18)27/h1-14,20,24H,(H,28,29). The van der Waals surface area contributed by atoms with Crippen molar-refractivity contribution in [3.8, 4) is 11.3 Å². The first-order valence-corrected chi connectivity index (χ1v) is 10.2. The summed E-state index contributed by atoms with van der Waals surface area (Å²) in [6.45, 7) is 0.312. The van der Waals surface area contributed by atoms with Crippen molar-refractivity contribution in [2.45, 2.75) is 12.0 Å². The Kier molecular flexibility index (Phi) is 6.35. The predicted molar refractivity (Wildman–Crippen MR) is 119 cm³/mol. The van der Waals surface area contributed by atoms with Crippen LogP contribution in [-0.4, -0.2) is 16.4 Å². The van der Waals surface area contributed by atoms with Gasteiger partial charge >= 0.3 is 0 Å². The Balaban J connectivity index is 1.93. The SMILES string of the molecule is O=COC(c1cccc(Cl)c1F)C(c1ccccc1)c1nc[nH]c1-c1cccc(Cl)c1. The van der Waals surface area contributed by atoms with E-state index in [1.54, 1.807) is 30.6 Å². The molecule has 0 aliphatic carbocycles. The molecule has 0 radical (unpaired) electrons. The van der Waals surface area contributed by atoms with Gasteiger partial charge in [-0.05, 0) is 23.8 Å². The molecule has 31 heavy (non-hydrogen) atoms. The third-order valence-electron chi connectivity index (χ3n) is 5.03. The number of aromatic nitrogens is 2. The zero-order valence-electron chi connectivity index (χ0n) is 16.1. The van der Waals surface area contributed by atoms with Crippen LogP contribution in [0.5, 0.6) is 0 Å². The minimum atomic E-state index is -1.00. The molecule has 0 aliphatic heterocycles. The molecule has 0 saturated carbocycles. The number of carbonyl (C=O) groups is 1. The van der Waals surface area contributed by atoms with E-state index in [9.17, 15) is 9.18 Å². The number of benzene rings is 3. The predicted octanol–water partition coefficient (Wildman–Crippen LogP) is 6.57. The number of aromatic amines is 1. The molecule has 4 nitrogen and oxygen atoms in total. The molecular formula is C24H17Cl2FN2O2. The van der Waals surface area contributed by atoms with Crippen molar-refractivity contribution < 1.29 is 13.9 Å². The normalized spacial score (nSPS) is 12.9. The van der Waals surface area contributed by atoms with Gasteiger partial charge < -0.3 is 9.72 Å². The highest BCUT2D eigenvalue weighted by Gasteiger charge is 2.34. The lowest BCUT2D eigenvalue weighted by atomic mass is 9.84. The lowest BCUT2D eigenvalue weighted by molar-refractivity contribution is -0.134. The molecule has 1 aromatic heterocycles. The average molecular weight is 455 g/mol. The van der Waals surface area contributed by atoms with E-state index in [0.29, 0.717) is 22.9 Å². The monoisotopic (exact) mass is 454 g/mol. The number of hydrogen-bond donors (Lipinski definition) is 1. The van der Waals surface area contributed by atoms with Crippen LogP contribution in [0.3, 0.4) is 0 Å². The van der Waals surface area contributed by atoms with Crippen LogP contribution in [0.1, 0.15) is 28.8 Å². The van der Waals surface area contributed by atoms with E-state index in [2.05, 4.69) is 9.97 Å². The molecule has 1 heterocycles. The number of ether oxygens (including phenoxy) is 1. The summed E-state index contributed by atoms with van der Waals surface area (Å²) < 4.78 is 20.5. The average Bonchev–Trinajstić information content (AvgIpc) is 3.26. The lowest BCUT2D eigenvalue weighted by Gasteiger charge is -2.27. The maximum atomic E-state index is 15.0. The van der Waals surface area contributed by atoms with E-state index in [1.165, 1.54) is 6.07 Å².